The maximum atomic E-state index is 12.4. The van der Waals surface area contributed by atoms with Crippen LogP contribution < -0.4 is 4.90 Å². The highest BCUT2D eigenvalue weighted by Crippen LogP contribution is 2.33. The van der Waals surface area contributed by atoms with Crippen molar-refractivity contribution in [3.63, 3.8) is 0 Å². The average molecular weight is 274 g/mol. The first-order valence-electron chi connectivity index (χ1n) is 6.16. The number of hydrogen-bond donors (Lipinski definition) is 1. The Balaban J connectivity index is 2.15. The van der Waals surface area contributed by atoms with E-state index in [-0.39, 0.29) is 5.41 Å². The maximum absolute atomic E-state index is 12.4. The summed E-state index contributed by atoms with van der Waals surface area (Å²) in [4.78, 5) is 5.79. The van der Waals surface area contributed by atoms with Gasteiger partial charge in [-0.3, -0.25) is 0 Å². The Hall–Kier alpha value is -1.30. The summed E-state index contributed by atoms with van der Waals surface area (Å²) < 4.78 is 37.3. The molecule has 1 aromatic heterocycles. The third-order valence-electron chi connectivity index (χ3n) is 3.57. The van der Waals surface area contributed by atoms with E-state index >= 15 is 0 Å². The van der Waals surface area contributed by atoms with Crippen molar-refractivity contribution in [2.24, 2.45) is 5.41 Å². The number of alkyl halides is 3. The number of nitrogens with zero attached hydrogens (tertiary/aromatic N) is 2. The minimum Gasteiger partial charge on any atom is -0.392 e. The zero-order valence-corrected chi connectivity index (χ0v) is 10.9. The molecule has 106 valence electrons. The third kappa shape index (κ3) is 3.00. The Kier molecular flexibility index (Phi) is 3.47. The highest BCUT2D eigenvalue weighted by Gasteiger charge is 2.35. The van der Waals surface area contributed by atoms with Crippen LogP contribution >= 0.6 is 0 Å². The molecule has 0 radical (unpaired) electrons. The molecule has 1 aliphatic heterocycles. The number of aromatic nitrogens is 1. The van der Waals surface area contributed by atoms with E-state index in [4.69, 9.17) is 0 Å². The van der Waals surface area contributed by atoms with Gasteiger partial charge in [-0.1, -0.05) is 13.8 Å². The molecule has 3 nitrogen and oxygen atoms in total. The smallest absolute Gasteiger partial charge is 0.392 e. The van der Waals surface area contributed by atoms with Gasteiger partial charge < -0.3 is 10.0 Å². The van der Waals surface area contributed by atoms with Crippen LogP contribution in [0.1, 0.15) is 25.8 Å². The van der Waals surface area contributed by atoms with Crippen LogP contribution in [0.5, 0.6) is 0 Å². The molecule has 1 unspecified atom stereocenters. The van der Waals surface area contributed by atoms with E-state index in [1.807, 2.05) is 18.7 Å². The summed E-state index contributed by atoms with van der Waals surface area (Å²) in [6.07, 6.45) is -3.30. The Morgan fingerprint density at radius 2 is 2.05 bits per heavy atom. The third-order valence-corrected chi connectivity index (χ3v) is 3.57. The van der Waals surface area contributed by atoms with Crippen LogP contribution in [-0.4, -0.2) is 29.3 Å². The minimum atomic E-state index is -4.36. The summed E-state index contributed by atoms with van der Waals surface area (Å²) in [5, 5.41) is 9.86. The van der Waals surface area contributed by atoms with Gasteiger partial charge >= 0.3 is 6.18 Å². The fraction of sp³-hybridized carbons (Fsp3) is 0.615. The van der Waals surface area contributed by atoms with E-state index < -0.39 is 17.8 Å². The summed E-state index contributed by atoms with van der Waals surface area (Å²) >= 11 is 0. The van der Waals surface area contributed by atoms with Crippen LogP contribution in [0.4, 0.5) is 19.0 Å². The topological polar surface area (TPSA) is 36.4 Å². The molecule has 0 aliphatic carbocycles. The number of halogens is 3. The SMILES string of the molecule is CC1(C)CN(c2ccc(C(F)(F)F)cn2)CCC1O. The van der Waals surface area contributed by atoms with E-state index in [1.165, 1.54) is 6.07 Å². The monoisotopic (exact) mass is 274 g/mol. The van der Waals surface area contributed by atoms with Crippen molar-refractivity contribution in [3.05, 3.63) is 23.9 Å². The van der Waals surface area contributed by atoms with Gasteiger partial charge in [-0.2, -0.15) is 13.2 Å². The standard InChI is InChI=1S/C13H17F3N2O/c1-12(2)8-18(6-5-10(12)19)11-4-3-9(7-17-11)13(14,15)16/h3-4,7,10,19H,5-6,8H2,1-2H3. The molecule has 1 fully saturated rings. The second-order valence-electron chi connectivity index (χ2n) is 5.62. The molecule has 0 spiro atoms. The molecule has 0 amide bonds. The predicted octanol–water partition coefficient (Wildman–Crippen LogP) is 2.70. The fourth-order valence-electron chi connectivity index (χ4n) is 2.28. The van der Waals surface area contributed by atoms with E-state index in [0.29, 0.717) is 25.3 Å². The summed E-state index contributed by atoms with van der Waals surface area (Å²) in [7, 11) is 0. The van der Waals surface area contributed by atoms with Crippen LogP contribution in [0, 0.1) is 5.41 Å². The summed E-state index contributed by atoms with van der Waals surface area (Å²) in [6.45, 7) is 5.05. The summed E-state index contributed by atoms with van der Waals surface area (Å²) in [5.74, 6) is 0.521. The highest BCUT2D eigenvalue weighted by atomic mass is 19.4. The quantitative estimate of drug-likeness (QED) is 0.855. The molecule has 2 rings (SSSR count). The first-order valence-corrected chi connectivity index (χ1v) is 6.16. The number of hydrogen-bond acceptors (Lipinski definition) is 3. The average Bonchev–Trinajstić information content (AvgIpc) is 2.32. The molecule has 0 saturated carbocycles. The van der Waals surface area contributed by atoms with Crippen molar-refractivity contribution in [2.45, 2.75) is 32.5 Å². The van der Waals surface area contributed by atoms with Gasteiger partial charge in [0.2, 0.25) is 0 Å². The van der Waals surface area contributed by atoms with Gasteiger partial charge in [0.1, 0.15) is 5.82 Å². The Morgan fingerprint density at radius 3 is 2.53 bits per heavy atom. The summed E-state index contributed by atoms with van der Waals surface area (Å²) in [6, 6.07) is 2.43. The minimum absolute atomic E-state index is 0.289. The van der Waals surface area contributed by atoms with Gasteiger partial charge in [-0.15, -0.1) is 0 Å². The van der Waals surface area contributed by atoms with Gasteiger partial charge in [0.15, 0.2) is 0 Å². The molecule has 2 heterocycles. The van der Waals surface area contributed by atoms with Crippen molar-refractivity contribution in [3.8, 4) is 0 Å². The number of anilines is 1. The van der Waals surface area contributed by atoms with Crippen LogP contribution in [0.3, 0.4) is 0 Å². The first kappa shape index (κ1) is 14.1. The van der Waals surface area contributed by atoms with E-state index in [1.54, 1.807) is 0 Å². The fourth-order valence-corrected chi connectivity index (χ4v) is 2.28. The van der Waals surface area contributed by atoms with Crippen molar-refractivity contribution in [2.75, 3.05) is 18.0 Å². The lowest BCUT2D eigenvalue weighted by molar-refractivity contribution is -0.137. The largest absolute Gasteiger partial charge is 0.417 e. The van der Waals surface area contributed by atoms with Crippen LogP contribution in [-0.2, 0) is 6.18 Å². The predicted molar refractivity (Wildman–Crippen MR) is 65.9 cm³/mol. The molecule has 1 atom stereocenters. The van der Waals surface area contributed by atoms with Crippen molar-refractivity contribution in [1.82, 2.24) is 4.98 Å². The number of rotatable bonds is 1. The number of piperidine rings is 1. The Labute approximate surface area is 110 Å². The lowest BCUT2D eigenvalue weighted by Gasteiger charge is -2.42. The Morgan fingerprint density at radius 1 is 1.37 bits per heavy atom. The molecular formula is C13H17F3N2O. The number of aliphatic hydroxyl groups is 1. The lowest BCUT2D eigenvalue weighted by atomic mass is 9.81. The van der Waals surface area contributed by atoms with Crippen molar-refractivity contribution in [1.29, 1.82) is 0 Å². The van der Waals surface area contributed by atoms with Crippen molar-refractivity contribution < 1.29 is 18.3 Å². The van der Waals surface area contributed by atoms with Crippen molar-refractivity contribution >= 4 is 5.82 Å². The van der Waals surface area contributed by atoms with Gasteiger partial charge in [0.25, 0.3) is 0 Å². The van der Waals surface area contributed by atoms with Crippen LogP contribution in [0.25, 0.3) is 0 Å². The molecule has 1 aromatic rings. The van der Waals surface area contributed by atoms with Crippen LogP contribution in [0.2, 0.25) is 0 Å². The molecule has 6 heteroatoms. The second-order valence-corrected chi connectivity index (χ2v) is 5.62. The van der Waals surface area contributed by atoms with Gasteiger partial charge in [0, 0.05) is 24.7 Å². The van der Waals surface area contributed by atoms with E-state index in [2.05, 4.69) is 4.98 Å². The van der Waals surface area contributed by atoms with E-state index in [9.17, 15) is 18.3 Å². The molecule has 1 aliphatic rings. The highest BCUT2D eigenvalue weighted by molar-refractivity contribution is 5.41. The van der Waals surface area contributed by atoms with Gasteiger partial charge in [-0.25, -0.2) is 4.98 Å². The number of aliphatic hydroxyl groups excluding tert-OH is 1. The first-order chi connectivity index (χ1) is 8.70. The molecule has 0 bridgehead atoms. The lowest BCUT2D eigenvalue weighted by Crippen LogP contribution is -2.48. The van der Waals surface area contributed by atoms with E-state index in [0.717, 1.165) is 12.3 Å². The second kappa shape index (κ2) is 4.67. The molecule has 0 aromatic carbocycles. The van der Waals surface area contributed by atoms with Crippen LogP contribution in [0.15, 0.2) is 18.3 Å². The molecule has 1 saturated heterocycles. The zero-order valence-electron chi connectivity index (χ0n) is 10.9. The molecular weight excluding hydrogens is 257 g/mol. The molecule has 1 N–H and O–H groups in total. The number of pyridine rings is 1. The Bertz CT molecular complexity index is 442. The van der Waals surface area contributed by atoms with Gasteiger partial charge in [0.05, 0.1) is 11.7 Å². The normalized spacial score (nSPS) is 23.5. The maximum Gasteiger partial charge on any atom is 0.417 e. The zero-order chi connectivity index (χ0) is 14.3. The molecule has 19 heavy (non-hydrogen) atoms. The summed E-state index contributed by atoms with van der Waals surface area (Å²) in [5.41, 5.74) is -1.03. The van der Waals surface area contributed by atoms with Gasteiger partial charge in [-0.05, 0) is 18.6 Å².